The molecule has 26 heavy (non-hydrogen) atoms. The van der Waals surface area contributed by atoms with E-state index in [2.05, 4.69) is 11.0 Å². The number of aliphatic hydroxyl groups is 1. The number of rotatable bonds is 2. The number of piperidine rings is 1. The Morgan fingerprint density at radius 3 is 2.88 bits per heavy atom. The van der Waals surface area contributed by atoms with Gasteiger partial charge in [-0.3, -0.25) is 9.69 Å². The summed E-state index contributed by atoms with van der Waals surface area (Å²) in [5.41, 5.74) is 1.94. The molecule has 5 nitrogen and oxygen atoms in total. The Balaban J connectivity index is 1.75. The van der Waals surface area contributed by atoms with Crippen LogP contribution in [0.1, 0.15) is 51.0 Å². The molecule has 1 amide bonds. The van der Waals surface area contributed by atoms with E-state index in [1.165, 1.54) is 6.42 Å². The number of nitrogens with zero attached hydrogens (tertiary/aromatic N) is 2. The first-order valence-corrected chi connectivity index (χ1v) is 10.0. The minimum Gasteiger partial charge on any atom is -0.506 e. The number of hydrogen-bond acceptors (Lipinski definition) is 4. The van der Waals surface area contributed by atoms with Crippen LogP contribution in [0.25, 0.3) is 0 Å². The minimum absolute atomic E-state index is 0.0264. The summed E-state index contributed by atoms with van der Waals surface area (Å²) in [5, 5.41) is 20.5. The molecule has 1 spiro atoms. The summed E-state index contributed by atoms with van der Waals surface area (Å²) in [6.45, 7) is 4.02. The quantitative estimate of drug-likeness (QED) is 0.854. The second-order valence-corrected chi connectivity index (χ2v) is 8.79. The molecule has 3 heterocycles. The van der Waals surface area contributed by atoms with Gasteiger partial charge in [0.25, 0.3) is 0 Å². The Labute approximate surface area is 154 Å². The Hall–Kier alpha value is -1.59. The van der Waals surface area contributed by atoms with Crippen LogP contribution in [0.5, 0.6) is 5.75 Å². The third-order valence-corrected chi connectivity index (χ3v) is 7.89. The summed E-state index contributed by atoms with van der Waals surface area (Å²) < 4.78 is 0. The van der Waals surface area contributed by atoms with Crippen LogP contribution in [0.3, 0.4) is 0 Å². The highest BCUT2D eigenvalue weighted by molar-refractivity contribution is 5.98. The number of amides is 1. The zero-order chi connectivity index (χ0) is 18.1. The predicted octanol–water partition coefficient (Wildman–Crippen LogP) is 2.40. The predicted molar refractivity (Wildman–Crippen MR) is 99.3 cm³/mol. The van der Waals surface area contributed by atoms with Crippen molar-refractivity contribution in [2.45, 2.75) is 62.9 Å². The van der Waals surface area contributed by atoms with Gasteiger partial charge >= 0.3 is 0 Å². The molecule has 1 aliphatic carbocycles. The highest BCUT2D eigenvalue weighted by Gasteiger charge is 2.68. The molecule has 4 aliphatic rings. The molecule has 4 atom stereocenters. The molecule has 2 N–H and O–H groups in total. The molecule has 0 aromatic heterocycles. The van der Waals surface area contributed by atoms with Crippen molar-refractivity contribution in [3.8, 4) is 5.75 Å². The molecular weight excluding hydrogens is 328 g/mol. The number of aliphatic hydroxyl groups excluding tert-OH is 1. The van der Waals surface area contributed by atoms with Gasteiger partial charge in [0, 0.05) is 31.0 Å². The molecule has 0 radical (unpaired) electrons. The number of fused-ring (bicyclic) bond motifs is 1. The number of benzene rings is 1. The SMILES string of the molecule is CC(=O)N1c2c(O)cccc2[C@]23CCN4CCC[C@@](CCO)(CC[C@@H]12)[C@H]43. The lowest BCUT2D eigenvalue weighted by atomic mass is 9.52. The number of carbonyl (C=O) groups is 1. The lowest BCUT2D eigenvalue weighted by molar-refractivity contribution is -0.118. The second kappa shape index (κ2) is 5.46. The lowest BCUT2D eigenvalue weighted by Gasteiger charge is -2.58. The topological polar surface area (TPSA) is 64.0 Å². The van der Waals surface area contributed by atoms with Gasteiger partial charge in [0.05, 0.1) is 5.69 Å². The molecule has 1 aromatic rings. The largest absolute Gasteiger partial charge is 0.506 e. The van der Waals surface area contributed by atoms with Crippen molar-refractivity contribution < 1.29 is 15.0 Å². The number of anilines is 1. The van der Waals surface area contributed by atoms with Gasteiger partial charge in [-0.1, -0.05) is 12.1 Å². The van der Waals surface area contributed by atoms with E-state index in [0.29, 0.717) is 6.04 Å². The molecule has 0 bridgehead atoms. The third-order valence-electron chi connectivity index (χ3n) is 7.89. The number of hydrogen-bond donors (Lipinski definition) is 2. The van der Waals surface area contributed by atoms with Gasteiger partial charge in [-0.15, -0.1) is 0 Å². The van der Waals surface area contributed by atoms with Gasteiger partial charge in [-0.2, -0.15) is 0 Å². The summed E-state index contributed by atoms with van der Waals surface area (Å²) in [5.74, 6) is 0.252. The maximum atomic E-state index is 12.6. The molecule has 1 aromatic carbocycles. The van der Waals surface area contributed by atoms with E-state index in [9.17, 15) is 15.0 Å². The molecule has 5 rings (SSSR count). The molecule has 5 heteroatoms. The van der Waals surface area contributed by atoms with Crippen molar-refractivity contribution in [1.29, 1.82) is 0 Å². The monoisotopic (exact) mass is 356 g/mol. The summed E-state index contributed by atoms with van der Waals surface area (Å²) in [6.07, 6.45) is 6.25. The number of aromatic hydroxyl groups is 1. The second-order valence-electron chi connectivity index (χ2n) is 8.79. The van der Waals surface area contributed by atoms with Gasteiger partial charge in [0.2, 0.25) is 5.91 Å². The fourth-order valence-electron chi connectivity index (χ4n) is 7.28. The average Bonchev–Trinajstić information content (AvgIpc) is 3.15. The summed E-state index contributed by atoms with van der Waals surface area (Å²) in [6, 6.07) is 6.26. The van der Waals surface area contributed by atoms with E-state index in [-0.39, 0.29) is 35.1 Å². The van der Waals surface area contributed by atoms with Crippen molar-refractivity contribution in [2.24, 2.45) is 5.41 Å². The fraction of sp³-hybridized carbons (Fsp3) is 0.667. The van der Waals surface area contributed by atoms with Crippen LogP contribution in [0, 0.1) is 5.41 Å². The Bertz CT molecular complexity index is 762. The number of para-hydroxylation sites is 1. The van der Waals surface area contributed by atoms with Gasteiger partial charge in [-0.25, -0.2) is 0 Å². The van der Waals surface area contributed by atoms with E-state index in [0.717, 1.165) is 56.4 Å². The van der Waals surface area contributed by atoms with Gasteiger partial charge in [0.1, 0.15) is 5.75 Å². The Morgan fingerprint density at radius 2 is 2.12 bits per heavy atom. The number of phenols is 1. The van der Waals surface area contributed by atoms with Crippen LogP contribution in [0.2, 0.25) is 0 Å². The van der Waals surface area contributed by atoms with Crippen molar-refractivity contribution >= 4 is 11.6 Å². The van der Waals surface area contributed by atoms with Gasteiger partial charge in [0.15, 0.2) is 0 Å². The maximum Gasteiger partial charge on any atom is 0.224 e. The fourth-order valence-corrected chi connectivity index (χ4v) is 7.28. The third kappa shape index (κ3) is 1.81. The van der Waals surface area contributed by atoms with E-state index in [1.807, 2.05) is 11.0 Å². The Kier molecular flexibility index (Phi) is 3.48. The zero-order valence-corrected chi connectivity index (χ0v) is 15.4. The van der Waals surface area contributed by atoms with E-state index in [1.54, 1.807) is 13.0 Å². The van der Waals surface area contributed by atoms with Crippen molar-refractivity contribution in [3.05, 3.63) is 23.8 Å². The van der Waals surface area contributed by atoms with Crippen molar-refractivity contribution in [3.63, 3.8) is 0 Å². The molecule has 0 unspecified atom stereocenters. The van der Waals surface area contributed by atoms with Crippen LogP contribution in [0.15, 0.2) is 18.2 Å². The van der Waals surface area contributed by atoms with E-state index < -0.39 is 0 Å². The molecule has 3 aliphatic heterocycles. The maximum absolute atomic E-state index is 12.6. The minimum atomic E-state index is -0.104. The average molecular weight is 356 g/mol. The van der Waals surface area contributed by atoms with Crippen LogP contribution in [-0.4, -0.2) is 52.8 Å². The van der Waals surface area contributed by atoms with Gasteiger partial charge in [-0.05, 0) is 68.7 Å². The summed E-state index contributed by atoms with van der Waals surface area (Å²) in [7, 11) is 0. The first-order valence-electron chi connectivity index (χ1n) is 10.0. The number of phenolic OH excluding ortho intramolecular Hbond substituents is 1. The van der Waals surface area contributed by atoms with Crippen molar-refractivity contribution in [1.82, 2.24) is 4.90 Å². The van der Waals surface area contributed by atoms with Gasteiger partial charge < -0.3 is 15.1 Å². The van der Waals surface area contributed by atoms with E-state index >= 15 is 0 Å². The van der Waals surface area contributed by atoms with Crippen molar-refractivity contribution in [2.75, 3.05) is 24.6 Å². The lowest BCUT2D eigenvalue weighted by Crippen LogP contribution is -2.65. The smallest absolute Gasteiger partial charge is 0.224 e. The molecule has 140 valence electrons. The van der Waals surface area contributed by atoms with Crippen LogP contribution in [0.4, 0.5) is 5.69 Å². The zero-order valence-electron chi connectivity index (χ0n) is 15.4. The first-order chi connectivity index (χ1) is 12.5. The standard InChI is InChI=1S/C21H28N2O3/c1-14(25)23-17-6-8-20(10-13-24)7-3-11-22-12-9-21(17,19(20)22)15-4-2-5-16(26)18(15)23/h2,4-5,17,19,24,26H,3,6-13H2,1H3/t17-,19+,20+,21-/m1/s1. The van der Waals surface area contributed by atoms with Crippen LogP contribution < -0.4 is 4.90 Å². The molecule has 3 fully saturated rings. The normalized spacial score (nSPS) is 38.0. The van der Waals surface area contributed by atoms with Crippen LogP contribution in [-0.2, 0) is 10.2 Å². The Morgan fingerprint density at radius 1 is 1.27 bits per heavy atom. The summed E-state index contributed by atoms with van der Waals surface area (Å²) in [4.78, 5) is 17.1. The highest BCUT2D eigenvalue weighted by Crippen LogP contribution is 2.66. The molecule has 1 saturated carbocycles. The first kappa shape index (κ1) is 16.6. The van der Waals surface area contributed by atoms with E-state index in [4.69, 9.17) is 0 Å². The molecule has 2 saturated heterocycles. The van der Waals surface area contributed by atoms with Crippen LogP contribution >= 0.6 is 0 Å². The molecular formula is C21H28N2O3. The summed E-state index contributed by atoms with van der Waals surface area (Å²) >= 11 is 0. The highest BCUT2D eigenvalue weighted by atomic mass is 16.3. The number of carbonyl (C=O) groups excluding carboxylic acids is 1.